The predicted octanol–water partition coefficient (Wildman–Crippen LogP) is 11.2. The maximum Gasteiger partial charge on any atom is 0.252 e. The number of primary amides is 3. The number of hydrogen-bond acceptors (Lipinski definition) is 13. The summed E-state index contributed by atoms with van der Waals surface area (Å²) in [4.78, 5) is 85.2. The van der Waals surface area contributed by atoms with Gasteiger partial charge in [0.25, 0.3) is 17.7 Å². The van der Waals surface area contributed by atoms with Gasteiger partial charge in [-0.3, -0.25) is 42.8 Å². The summed E-state index contributed by atoms with van der Waals surface area (Å²) in [6.45, 7) is 14.6. The molecule has 8 N–H and O–H groups in total. The number of anilines is 2. The third kappa shape index (κ3) is 14.8. The Morgan fingerprint density at radius 3 is 1.28 bits per heavy atom. The van der Waals surface area contributed by atoms with Crippen LogP contribution in [0, 0.1) is 5.41 Å². The number of aromatic nitrogens is 8. The normalized spacial score (nSPS) is 16.2. The van der Waals surface area contributed by atoms with Gasteiger partial charge in [-0.15, -0.1) is 0 Å². The Labute approximate surface area is 559 Å². The van der Waals surface area contributed by atoms with Gasteiger partial charge in [0, 0.05) is 85.7 Å². The molecule has 23 nitrogen and oxygen atoms in total. The number of piperidine rings is 2. The summed E-state index contributed by atoms with van der Waals surface area (Å²) in [5.74, 6) is 1.73. The molecule has 1 spiro atoms. The fourth-order valence-corrected chi connectivity index (χ4v) is 12.8. The van der Waals surface area contributed by atoms with Crippen LogP contribution >= 0.6 is 0 Å². The Bertz CT molecular complexity index is 4510. The second-order valence-electron chi connectivity index (χ2n) is 24.4. The lowest BCUT2D eigenvalue weighted by Gasteiger charge is -2.58. The minimum atomic E-state index is -0.541. The average Bonchev–Trinajstić information content (AvgIpc) is 1.56. The number of nitrogens with two attached hydrogens (primary N) is 3. The second-order valence-corrected chi connectivity index (χ2v) is 24.4. The first-order valence-electron chi connectivity index (χ1n) is 31.9. The van der Waals surface area contributed by atoms with Gasteiger partial charge in [0.2, 0.25) is 23.7 Å². The van der Waals surface area contributed by atoms with Gasteiger partial charge in [-0.25, -0.2) is 4.98 Å². The van der Waals surface area contributed by atoms with E-state index in [4.69, 9.17) is 36.9 Å². The Balaban J connectivity index is 0.000000139. The Morgan fingerprint density at radius 1 is 0.485 bits per heavy atom. The highest BCUT2D eigenvalue weighted by Crippen LogP contribution is 2.54. The van der Waals surface area contributed by atoms with Crippen molar-refractivity contribution < 1.29 is 38.2 Å². The summed E-state index contributed by atoms with van der Waals surface area (Å²) in [5, 5.41) is 17.3. The molecule has 2 atom stereocenters. The second kappa shape index (κ2) is 28.6. The van der Waals surface area contributed by atoms with Crippen LogP contribution in [-0.2, 0) is 14.4 Å². The van der Waals surface area contributed by atoms with E-state index in [0.717, 1.165) is 96.5 Å². The molecule has 10 aromatic rings. The Kier molecular flexibility index (Phi) is 19.2. The van der Waals surface area contributed by atoms with E-state index < -0.39 is 17.7 Å². The summed E-state index contributed by atoms with van der Waals surface area (Å²) < 4.78 is 17.0. The van der Waals surface area contributed by atoms with Gasteiger partial charge in [-0.05, 0) is 154 Å². The first-order chi connectivity index (χ1) is 47.0. The van der Waals surface area contributed by atoms with Crippen molar-refractivity contribution in [2.45, 2.75) is 56.7 Å². The number of para-hydroxylation sites is 4. The molecule has 3 saturated heterocycles. The summed E-state index contributed by atoms with van der Waals surface area (Å²) in [6, 6.07) is 49.4. The number of nitrogens with zero attached hydrogens (tertiary/aromatic N) is 10. The van der Waals surface area contributed by atoms with E-state index in [1.165, 1.54) is 18.2 Å². The van der Waals surface area contributed by atoms with Crippen LogP contribution in [0.15, 0.2) is 214 Å². The molecule has 6 amide bonds. The summed E-state index contributed by atoms with van der Waals surface area (Å²) in [7, 11) is 0. The summed E-state index contributed by atoms with van der Waals surface area (Å²) in [5.41, 5.74) is 24.8. The smallest absolute Gasteiger partial charge is 0.252 e. The number of benzene rings is 6. The zero-order valence-electron chi connectivity index (χ0n) is 53.3. The molecule has 0 unspecified atom stereocenters. The van der Waals surface area contributed by atoms with E-state index in [0.29, 0.717) is 77.4 Å². The van der Waals surface area contributed by atoms with E-state index in [1.807, 2.05) is 167 Å². The van der Waals surface area contributed by atoms with Crippen LogP contribution < -0.4 is 32.0 Å². The van der Waals surface area contributed by atoms with Crippen LogP contribution in [0.2, 0.25) is 0 Å². The summed E-state index contributed by atoms with van der Waals surface area (Å²) in [6.07, 6.45) is 14.4. The molecule has 3 aliphatic heterocycles. The van der Waals surface area contributed by atoms with Gasteiger partial charge in [0.05, 0.1) is 45.8 Å². The van der Waals surface area contributed by atoms with Crippen LogP contribution in [0.1, 0.15) is 87.7 Å². The molecule has 6 aromatic carbocycles. The highest BCUT2D eigenvalue weighted by atomic mass is 16.5. The lowest BCUT2D eigenvalue weighted by atomic mass is 9.60. The minimum absolute atomic E-state index is 0.0174. The fourth-order valence-electron chi connectivity index (χ4n) is 12.8. The molecule has 7 heterocycles. The number of rotatable bonds is 18. The summed E-state index contributed by atoms with van der Waals surface area (Å²) >= 11 is 0. The van der Waals surface area contributed by atoms with Crippen molar-refractivity contribution in [2.75, 3.05) is 44.6 Å². The molecule has 1 aliphatic carbocycles. The zero-order chi connectivity index (χ0) is 67.7. The number of hydrogen-bond donors (Lipinski definition) is 5. The molecule has 97 heavy (non-hydrogen) atoms. The average molecular weight is 1300 g/mol. The number of ether oxygens (including phenoxy) is 2. The van der Waals surface area contributed by atoms with Gasteiger partial charge in [0.15, 0.2) is 0 Å². The third-order valence-corrected chi connectivity index (χ3v) is 17.8. The quantitative estimate of drug-likeness (QED) is 0.0500. The van der Waals surface area contributed by atoms with Crippen molar-refractivity contribution in [3.05, 3.63) is 231 Å². The van der Waals surface area contributed by atoms with E-state index in [2.05, 4.69) is 40.1 Å². The van der Waals surface area contributed by atoms with Gasteiger partial charge >= 0.3 is 0 Å². The highest BCUT2D eigenvalue weighted by molar-refractivity contribution is 6.00. The van der Waals surface area contributed by atoms with Crippen molar-refractivity contribution in [3.8, 4) is 56.8 Å². The van der Waals surface area contributed by atoms with Crippen LogP contribution in [0.5, 0.6) is 23.0 Å². The molecule has 492 valence electrons. The van der Waals surface area contributed by atoms with Gasteiger partial charge in [0.1, 0.15) is 40.1 Å². The number of aromatic amines is 1. The molecule has 0 radical (unpaired) electrons. The minimum Gasteiger partial charge on any atom is -0.457 e. The van der Waals surface area contributed by atoms with Crippen LogP contribution in [0.25, 0.3) is 44.8 Å². The monoisotopic (exact) mass is 1300 g/mol. The molecular weight excluding hydrogens is 1230 g/mol. The van der Waals surface area contributed by atoms with Crippen LogP contribution in [-0.4, -0.2) is 129 Å². The first kappa shape index (κ1) is 64.9. The van der Waals surface area contributed by atoms with Crippen molar-refractivity contribution >= 4 is 58.1 Å². The maximum atomic E-state index is 12.2. The largest absolute Gasteiger partial charge is 0.457 e. The Morgan fingerprint density at radius 2 is 0.866 bits per heavy atom. The molecule has 0 bridgehead atoms. The number of carbonyl (C=O) groups excluding carboxylic acids is 6. The number of amides is 6. The van der Waals surface area contributed by atoms with Gasteiger partial charge in [-0.1, -0.05) is 80.4 Å². The number of carbonyl (C=O) groups is 6. The van der Waals surface area contributed by atoms with Crippen molar-refractivity contribution in [1.29, 1.82) is 0 Å². The van der Waals surface area contributed by atoms with E-state index in [1.54, 1.807) is 37.8 Å². The van der Waals surface area contributed by atoms with E-state index in [-0.39, 0.29) is 41.3 Å². The van der Waals surface area contributed by atoms with Crippen LogP contribution in [0.3, 0.4) is 0 Å². The third-order valence-electron chi connectivity index (χ3n) is 17.8. The number of imidazole rings is 1. The zero-order valence-corrected chi connectivity index (χ0v) is 53.3. The van der Waals surface area contributed by atoms with Crippen molar-refractivity contribution in [3.63, 3.8) is 0 Å². The molecule has 4 fully saturated rings. The number of nitrogens with one attached hydrogen (secondary N) is 2. The Hall–Kier alpha value is -12.1. The van der Waals surface area contributed by atoms with Crippen molar-refractivity contribution in [2.24, 2.45) is 22.6 Å². The van der Waals surface area contributed by atoms with Crippen molar-refractivity contribution in [1.82, 2.24) is 54.0 Å². The molecule has 1 saturated carbocycles. The number of likely N-dealkylation sites (tertiary alicyclic amines) is 3. The number of H-pyrrole nitrogens is 1. The lowest BCUT2D eigenvalue weighted by molar-refractivity contribution is -0.149. The molecule has 14 rings (SSSR count). The molecule has 4 aliphatic rings. The maximum absolute atomic E-state index is 12.2. The van der Waals surface area contributed by atoms with Crippen LogP contribution in [0.4, 0.5) is 11.6 Å². The first-order valence-corrected chi connectivity index (χ1v) is 31.9. The fraction of sp³-hybridized carbons (Fsp3) is 0.216. The molecule has 4 aromatic heterocycles. The highest BCUT2D eigenvalue weighted by Gasteiger charge is 2.54. The molecular formula is C74H73N15O8. The SMILES string of the molecule is C=CC(=O)N1CC2(CC(n3cc(C(N)=O)c(-c4ccc(Oc5ccccc5)cc4)n3)C2)C1.C=CC(=O)N1CCC[C@@H](n2cc(C(N)=O)c(-c3ccc(Nc4nc5ccccc5[nH]4)cc3)n2)C1.C=CC(=O)N1CCC[C@@H](n2cc(C(N)=O)c(-c3ccc(Oc4ccccc4)cc3)n2)C1. The van der Waals surface area contributed by atoms with E-state index in [9.17, 15) is 28.8 Å². The lowest BCUT2D eigenvalue weighted by Crippen LogP contribution is -2.63. The predicted molar refractivity (Wildman–Crippen MR) is 369 cm³/mol. The standard InChI is InChI=1S/C25H25N7O2.C25H24N4O3.C24H24N4O3/c1-2-22(33)31-13-5-6-18(14-31)32-15-19(24(26)34)23(30-32)16-9-11-17(12-10-16)27-25-28-20-7-3-4-8-21(20)29-25;1-2-22(30)28-15-25(16-28)12-18(13-25)29-14-21(24(26)31)23(27-29)17-8-10-20(11-9-17)32-19-6-4-3-5-7-19;1-2-22(29)27-14-6-7-18(15-27)28-16-21(24(25)30)23(26-28)17-10-12-20(13-11-17)31-19-8-4-3-5-9-19/h2-4,7-12,15,18H,1,5-6,13-14H2,(H2,26,34)(H2,27,28,29);2-11,14,18H,1,12-13,15-16H2,(H2,26,31);2-5,8-13,16,18H,1,6-7,14-15H2,(H2,25,30)/t18-;;18-/m1.1/s1. The molecule has 23 heteroatoms. The van der Waals surface area contributed by atoms with E-state index >= 15 is 0 Å². The topological polar surface area (TPSA) is 303 Å². The van der Waals surface area contributed by atoms with Gasteiger partial charge in [-0.2, -0.15) is 15.3 Å². The number of fused-ring (bicyclic) bond motifs is 1. The van der Waals surface area contributed by atoms with Gasteiger partial charge < -0.3 is 51.7 Å².